The molecule has 0 saturated carbocycles. The summed E-state index contributed by atoms with van der Waals surface area (Å²) < 4.78 is 5.25. The Morgan fingerprint density at radius 1 is 1.18 bits per heavy atom. The van der Waals surface area contributed by atoms with E-state index in [-0.39, 0.29) is 0 Å². The van der Waals surface area contributed by atoms with Crippen LogP contribution in [0.2, 0.25) is 0 Å². The monoisotopic (exact) mass is 239 g/mol. The summed E-state index contributed by atoms with van der Waals surface area (Å²) in [5.74, 6) is 1.00. The average molecular weight is 239 g/mol. The van der Waals surface area contributed by atoms with Crippen molar-refractivity contribution in [3.05, 3.63) is 24.2 Å². The van der Waals surface area contributed by atoms with Gasteiger partial charge in [-0.05, 0) is 52.8 Å². The van der Waals surface area contributed by atoms with Gasteiger partial charge < -0.3 is 19.5 Å². The van der Waals surface area contributed by atoms with E-state index in [1.54, 1.807) is 6.26 Å². The molecule has 0 radical (unpaired) electrons. The summed E-state index contributed by atoms with van der Waals surface area (Å²) in [4.78, 5) is 4.58. The van der Waals surface area contributed by atoms with Crippen LogP contribution in [0.4, 0.5) is 0 Å². The summed E-state index contributed by atoms with van der Waals surface area (Å²) in [5.41, 5.74) is 0. The minimum absolute atomic E-state index is 0.818. The van der Waals surface area contributed by atoms with Crippen LogP contribution in [0.3, 0.4) is 0 Å². The van der Waals surface area contributed by atoms with Crippen molar-refractivity contribution in [1.29, 1.82) is 0 Å². The number of hydrogen-bond donors (Lipinski definition) is 1. The predicted molar refractivity (Wildman–Crippen MR) is 71.1 cm³/mol. The van der Waals surface area contributed by atoms with Crippen LogP contribution in [0.15, 0.2) is 22.8 Å². The van der Waals surface area contributed by atoms with E-state index in [1.165, 1.54) is 6.42 Å². The van der Waals surface area contributed by atoms with Gasteiger partial charge in [0, 0.05) is 13.1 Å². The Morgan fingerprint density at radius 3 is 2.65 bits per heavy atom. The largest absolute Gasteiger partial charge is 0.468 e. The molecule has 1 N–H and O–H groups in total. The molecule has 1 aromatic heterocycles. The first-order valence-corrected chi connectivity index (χ1v) is 6.25. The van der Waals surface area contributed by atoms with Crippen molar-refractivity contribution in [2.75, 3.05) is 47.3 Å². The minimum Gasteiger partial charge on any atom is -0.468 e. The van der Waals surface area contributed by atoms with Crippen molar-refractivity contribution in [3.63, 3.8) is 0 Å². The minimum atomic E-state index is 0.818. The van der Waals surface area contributed by atoms with Crippen molar-refractivity contribution in [2.24, 2.45) is 0 Å². The van der Waals surface area contributed by atoms with Gasteiger partial charge in [0.1, 0.15) is 5.76 Å². The molecule has 0 saturated heterocycles. The second kappa shape index (κ2) is 8.28. The lowest BCUT2D eigenvalue weighted by Gasteiger charge is -2.18. The molecule has 1 rings (SSSR count). The zero-order chi connectivity index (χ0) is 12.5. The van der Waals surface area contributed by atoms with Gasteiger partial charge in [-0.1, -0.05) is 0 Å². The molecule has 0 aliphatic rings. The molecule has 0 atom stereocenters. The maximum absolute atomic E-state index is 5.25. The van der Waals surface area contributed by atoms with E-state index < -0.39 is 0 Å². The number of nitrogens with one attached hydrogen (secondary N) is 1. The molecule has 0 bridgehead atoms. The van der Waals surface area contributed by atoms with Crippen molar-refractivity contribution in [3.8, 4) is 0 Å². The topological polar surface area (TPSA) is 31.6 Å². The van der Waals surface area contributed by atoms with E-state index in [4.69, 9.17) is 4.42 Å². The Labute approximate surface area is 105 Å². The molecular formula is C13H25N3O. The van der Waals surface area contributed by atoms with Gasteiger partial charge in [0.05, 0.1) is 12.8 Å². The van der Waals surface area contributed by atoms with Crippen LogP contribution in [0.1, 0.15) is 12.2 Å². The Bertz CT molecular complexity index is 272. The fourth-order valence-corrected chi connectivity index (χ4v) is 1.66. The van der Waals surface area contributed by atoms with Crippen LogP contribution in [0, 0.1) is 0 Å². The molecule has 0 aliphatic heterocycles. The summed E-state index contributed by atoms with van der Waals surface area (Å²) in [6.45, 7) is 5.20. The molecule has 0 fully saturated rings. The summed E-state index contributed by atoms with van der Waals surface area (Å²) in [7, 11) is 6.40. The third kappa shape index (κ3) is 7.15. The standard InChI is InChI=1S/C13H25N3O/c1-15(2)8-5-9-16(3)10-7-14-12-13-6-4-11-17-13/h4,6,11,14H,5,7-10,12H2,1-3H3. The maximum atomic E-state index is 5.25. The summed E-state index contributed by atoms with van der Waals surface area (Å²) in [5, 5.41) is 3.37. The average Bonchev–Trinajstić information content (AvgIpc) is 2.76. The van der Waals surface area contributed by atoms with E-state index in [2.05, 4.69) is 36.3 Å². The summed E-state index contributed by atoms with van der Waals surface area (Å²) in [6.07, 6.45) is 2.94. The molecule has 98 valence electrons. The van der Waals surface area contributed by atoms with Crippen LogP contribution in [0.5, 0.6) is 0 Å². The number of rotatable bonds is 9. The third-order valence-corrected chi connectivity index (χ3v) is 2.69. The van der Waals surface area contributed by atoms with E-state index >= 15 is 0 Å². The van der Waals surface area contributed by atoms with Crippen LogP contribution in [0.25, 0.3) is 0 Å². The van der Waals surface area contributed by atoms with E-state index in [0.29, 0.717) is 0 Å². The highest BCUT2D eigenvalue weighted by molar-refractivity contribution is 4.97. The highest BCUT2D eigenvalue weighted by Gasteiger charge is 1.99. The van der Waals surface area contributed by atoms with Crippen molar-refractivity contribution < 1.29 is 4.42 Å². The lowest BCUT2D eigenvalue weighted by Crippen LogP contribution is -2.30. The molecule has 0 aliphatic carbocycles. The first-order valence-electron chi connectivity index (χ1n) is 6.25. The lowest BCUT2D eigenvalue weighted by atomic mass is 10.3. The second-order valence-electron chi connectivity index (χ2n) is 4.72. The van der Waals surface area contributed by atoms with E-state index in [0.717, 1.165) is 38.5 Å². The molecule has 4 nitrogen and oxygen atoms in total. The van der Waals surface area contributed by atoms with Gasteiger partial charge in [0.25, 0.3) is 0 Å². The smallest absolute Gasteiger partial charge is 0.117 e. The number of furan rings is 1. The number of nitrogens with zero attached hydrogens (tertiary/aromatic N) is 2. The van der Waals surface area contributed by atoms with Crippen molar-refractivity contribution >= 4 is 0 Å². The van der Waals surface area contributed by atoms with Crippen LogP contribution < -0.4 is 5.32 Å². The molecular weight excluding hydrogens is 214 g/mol. The van der Waals surface area contributed by atoms with Gasteiger partial charge in [-0.15, -0.1) is 0 Å². The summed E-state index contributed by atoms with van der Waals surface area (Å²) >= 11 is 0. The van der Waals surface area contributed by atoms with Crippen molar-refractivity contribution in [1.82, 2.24) is 15.1 Å². The Balaban J connectivity index is 1.95. The van der Waals surface area contributed by atoms with Crippen LogP contribution in [-0.4, -0.2) is 57.1 Å². The van der Waals surface area contributed by atoms with E-state index in [1.807, 2.05) is 12.1 Å². The molecule has 0 aromatic carbocycles. The zero-order valence-corrected chi connectivity index (χ0v) is 11.3. The second-order valence-corrected chi connectivity index (χ2v) is 4.72. The normalized spacial score (nSPS) is 11.6. The van der Waals surface area contributed by atoms with Gasteiger partial charge in [-0.2, -0.15) is 0 Å². The Hall–Kier alpha value is -0.840. The molecule has 0 amide bonds. The highest BCUT2D eigenvalue weighted by atomic mass is 16.3. The van der Waals surface area contributed by atoms with Gasteiger partial charge in [-0.3, -0.25) is 0 Å². The van der Waals surface area contributed by atoms with E-state index in [9.17, 15) is 0 Å². The van der Waals surface area contributed by atoms with Gasteiger partial charge in [0.2, 0.25) is 0 Å². The molecule has 0 unspecified atom stereocenters. The van der Waals surface area contributed by atoms with Gasteiger partial charge >= 0.3 is 0 Å². The highest BCUT2D eigenvalue weighted by Crippen LogP contribution is 1.98. The fraction of sp³-hybridized carbons (Fsp3) is 0.692. The molecule has 1 aromatic rings. The lowest BCUT2D eigenvalue weighted by molar-refractivity contribution is 0.298. The first kappa shape index (κ1) is 14.2. The third-order valence-electron chi connectivity index (χ3n) is 2.69. The summed E-state index contributed by atoms with van der Waals surface area (Å²) in [6, 6.07) is 3.91. The predicted octanol–water partition coefficient (Wildman–Crippen LogP) is 1.25. The number of likely N-dealkylation sites (N-methyl/N-ethyl adjacent to an activating group) is 1. The van der Waals surface area contributed by atoms with Crippen LogP contribution >= 0.6 is 0 Å². The van der Waals surface area contributed by atoms with Gasteiger partial charge in [-0.25, -0.2) is 0 Å². The first-order chi connectivity index (χ1) is 8.18. The molecule has 17 heavy (non-hydrogen) atoms. The Kier molecular flexibility index (Phi) is 6.93. The van der Waals surface area contributed by atoms with Crippen molar-refractivity contribution in [2.45, 2.75) is 13.0 Å². The number of hydrogen-bond acceptors (Lipinski definition) is 4. The SMILES string of the molecule is CN(C)CCCN(C)CCNCc1ccco1. The Morgan fingerprint density at radius 2 is 2.00 bits per heavy atom. The zero-order valence-electron chi connectivity index (χ0n) is 11.3. The quantitative estimate of drug-likeness (QED) is 0.657. The van der Waals surface area contributed by atoms with Crippen LogP contribution in [-0.2, 0) is 6.54 Å². The molecule has 0 spiro atoms. The maximum Gasteiger partial charge on any atom is 0.117 e. The molecule has 4 heteroatoms. The van der Waals surface area contributed by atoms with Gasteiger partial charge in [0.15, 0.2) is 0 Å². The fourth-order valence-electron chi connectivity index (χ4n) is 1.66. The molecule has 1 heterocycles.